The molecule has 8 rings (SSSR count). The lowest BCUT2D eigenvalue weighted by molar-refractivity contribution is 0.793. The summed E-state index contributed by atoms with van der Waals surface area (Å²) in [5.74, 6) is 0. The monoisotopic (exact) mass is 593 g/mol. The Kier molecular flexibility index (Phi) is 7.17. The van der Waals surface area contributed by atoms with Crippen LogP contribution in [0.15, 0.2) is 176 Å². The molecule has 0 radical (unpaired) electrons. The van der Waals surface area contributed by atoms with Crippen LogP contribution < -0.4 is 15.1 Å². The van der Waals surface area contributed by atoms with E-state index in [1.807, 2.05) is 30.6 Å². The molecule has 0 bridgehead atoms. The van der Waals surface area contributed by atoms with Crippen molar-refractivity contribution in [3.8, 4) is 22.4 Å². The summed E-state index contributed by atoms with van der Waals surface area (Å²) in [5.41, 5.74) is 11.7. The summed E-state index contributed by atoms with van der Waals surface area (Å²) in [6, 6.07) is 56.7. The fourth-order valence-corrected chi connectivity index (χ4v) is 6.10. The molecule has 46 heavy (non-hydrogen) atoms. The molecule has 7 aromatic rings. The van der Waals surface area contributed by atoms with E-state index in [0.29, 0.717) is 0 Å². The molecule has 0 amide bonds. The molecule has 1 atom stereocenters. The SMILES string of the molecule is c1ccc(N(c2ccccc2)c2ccc(-c3ccc(-c4ccc(C5Nc6ccccc6N5c5ccccc5)nc4)cn3)cc2)cc1. The number of hydrogen-bond acceptors (Lipinski definition) is 5. The first kappa shape index (κ1) is 27.4. The molecule has 0 saturated heterocycles. The second-order valence-corrected chi connectivity index (χ2v) is 11.2. The van der Waals surface area contributed by atoms with Gasteiger partial charge in [-0.1, -0.05) is 91.0 Å². The molecule has 1 aliphatic heterocycles. The molecule has 0 fully saturated rings. The average Bonchev–Trinajstić information content (AvgIpc) is 3.53. The van der Waals surface area contributed by atoms with Crippen LogP contribution in [-0.4, -0.2) is 9.97 Å². The molecule has 5 nitrogen and oxygen atoms in total. The van der Waals surface area contributed by atoms with Crippen molar-refractivity contribution >= 4 is 34.1 Å². The molecular weight excluding hydrogens is 562 g/mol. The van der Waals surface area contributed by atoms with Gasteiger partial charge in [0.15, 0.2) is 0 Å². The van der Waals surface area contributed by atoms with Crippen molar-refractivity contribution in [2.75, 3.05) is 15.1 Å². The van der Waals surface area contributed by atoms with E-state index in [1.54, 1.807) is 0 Å². The lowest BCUT2D eigenvalue weighted by Gasteiger charge is -2.26. The van der Waals surface area contributed by atoms with Crippen LogP contribution in [-0.2, 0) is 0 Å². The van der Waals surface area contributed by atoms with E-state index < -0.39 is 0 Å². The van der Waals surface area contributed by atoms with Gasteiger partial charge in [-0.05, 0) is 72.8 Å². The lowest BCUT2D eigenvalue weighted by atomic mass is 10.1. The number of para-hydroxylation sites is 5. The predicted octanol–water partition coefficient (Wildman–Crippen LogP) is 10.5. The van der Waals surface area contributed by atoms with Crippen molar-refractivity contribution in [2.24, 2.45) is 0 Å². The van der Waals surface area contributed by atoms with E-state index in [0.717, 1.165) is 62.2 Å². The van der Waals surface area contributed by atoms with Crippen LogP contribution in [0.1, 0.15) is 11.9 Å². The van der Waals surface area contributed by atoms with E-state index in [-0.39, 0.29) is 6.17 Å². The maximum atomic E-state index is 4.92. The van der Waals surface area contributed by atoms with Crippen LogP contribution >= 0.6 is 0 Å². The van der Waals surface area contributed by atoms with Gasteiger partial charge in [-0.25, -0.2) is 0 Å². The van der Waals surface area contributed by atoms with Gasteiger partial charge in [0.2, 0.25) is 0 Å². The van der Waals surface area contributed by atoms with E-state index in [2.05, 4.69) is 161 Å². The van der Waals surface area contributed by atoms with Crippen molar-refractivity contribution in [3.63, 3.8) is 0 Å². The van der Waals surface area contributed by atoms with Crippen LogP contribution in [0.3, 0.4) is 0 Å². The van der Waals surface area contributed by atoms with Crippen molar-refractivity contribution in [1.29, 1.82) is 0 Å². The number of nitrogens with zero attached hydrogens (tertiary/aromatic N) is 4. The minimum absolute atomic E-state index is 0.1000. The molecule has 0 aliphatic carbocycles. The van der Waals surface area contributed by atoms with Gasteiger partial charge in [-0.2, -0.15) is 0 Å². The topological polar surface area (TPSA) is 44.3 Å². The third kappa shape index (κ3) is 5.24. The molecule has 1 aliphatic rings. The fraction of sp³-hybridized carbons (Fsp3) is 0.0244. The normalized spacial score (nSPS) is 13.6. The standard InChI is InChI=1S/C41H31N5/c1-4-12-33(13-5-1)45(34-14-6-2-7-15-34)36-24-20-30(21-25-36)37-26-22-31(28-42-37)32-23-27-39(43-29-32)41-44-38-18-10-11-19-40(38)46(41)35-16-8-3-9-17-35/h1-29,41,44H. The molecule has 5 heteroatoms. The number of fused-ring (bicyclic) bond motifs is 1. The Bertz CT molecular complexity index is 2010. The highest BCUT2D eigenvalue weighted by Gasteiger charge is 2.31. The summed E-state index contributed by atoms with van der Waals surface area (Å²) in [6.45, 7) is 0. The van der Waals surface area contributed by atoms with Gasteiger partial charge in [-0.15, -0.1) is 0 Å². The summed E-state index contributed by atoms with van der Waals surface area (Å²) in [7, 11) is 0. The summed E-state index contributed by atoms with van der Waals surface area (Å²) in [5, 5.41) is 3.66. The van der Waals surface area contributed by atoms with Gasteiger partial charge >= 0.3 is 0 Å². The van der Waals surface area contributed by atoms with E-state index in [9.17, 15) is 0 Å². The number of nitrogens with one attached hydrogen (secondary N) is 1. The Labute approximate surface area is 269 Å². The minimum atomic E-state index is -0.1000. The first-order valence-corrected chi connectivity index (χ1v) is 15.4. The summed E-state index contributed by atoms with van der Waals surface area (Å²) >= 11 is 0. The lowest BCUT2D eigenvalue weighted by Crippen LogP contribution is -2.24. The van der Waals surface area contributed by atoms with Gasteiger partial charge in [0, 0.05) is 51.8 Å². The Morgan fingerprint density at radius 2 is 1.02 bits per heavy atom. The maximum Gasteiger partial charge on any atom is 0.147 e. The second kappa shape index (κ2) is 12.1. The summed E-state index contributed by atoms with van der Waals surface area (Å²) < 4.78 is 0. The van der Waals surface area contributed by atoms with Crippen molar-refractivity contribution in [3.05, 3.63) is 182 Å². The van der Waals surface area contributed by atoms with Crippen LogP contribution in [0.25, 0.3) is 22.4 Å². The van der Waals surface area contributed by atoms with Crippen LogP contribution in [0.2, 0.25) is 0 Å². The second-order valence-electron chi connectivity index (χ2n) is 11.2. The van der Waals surface area contributed by atoms with Crippen LogP contribution in [0, 0.1) is 0 Å². The third-order valence-electron chi connectivity index (χ3n) is 8.36. The molecule has 1 N–H and O–H groups in total. The van der Waals surface area contributed by atoms with Gasteiger partial charge < -0.3 is 15.1 Å². The smallest absolute Gasteiger partial charge is 0.147 e. The Balaban J connectivity index is 1.02. The van der Waals surface area contributed by atoms with E-state index in [4.69, 9.17) is 9.97 Å². The van der Waals surface area contributed by atoms with Gasteiger partial charge in [0.05, 0.1) is 22.8 Å². The number of hydrogen-bond donors (Lipinski definition) is 1. The Hall–Kier alpha value is -6.20. The van der Waals surface area contributed by atoms with Gasteiger partial charge in [0.1, 0.15) is 6.17 Å². The molecule has 1 unspecified atom stereocenters. The molecule has 2 aromatic heterocycles. The molecule has 0 saturated carbocycles. The molecule has 5 aromatic carbocycles. The first-order chi connectivity index (χ1) is 22.8. The first-order valence-electron chi connectivity index (χ1n) is 15.4. The highest BCUT2D eigenvalue weighted by atomic mass is 15.3. The zero-order valence-corrected chi connectivity index (χ0v) is 25.1. The maximum absolute atomic E-state index is 4.92. The van der Waals surface area contributed by atoms with Crippen LogP contribution in [0.4, 0.5) is 34.1 Å². The number of anilines is 6. The van der Waals surface area contributed by atoms with Gasteiger partial charge in [0.25, 0.3) is 0 Å². The van der Waals surface area contributed by atoms with E-state index >= 15 is 0 Å². The molecule has 220 valence electrons. The van der Waals surface area contributed by atoms with Crippen molar-refractivity contribution < 1.29 is 0 Å². The van der Waals surface area contributed by atoms with Crippen molar-refractivity contribution in [2.45, 2.75) is 6.17 Å². The number of rotatable bonds is 7. The average molecular weight is 594 g/mol. The summed E-state index contributed by atoms with van der Waals surface area (Å²) in [6.07, 6.45) is 3.77. The zero-order chi connectivity index (χ0) is 30.7. The van der Waals surface area contributed by atoms with Crippen LogP contribution in [0.5, 0.6) is 0 Å². The molecule has 0 spiro atoms. The molecular formula is C41H31N5. The predicted molar refractivity (Wildman–Crippen MR) is 189 cm³/mol. The quantitative estimate of drug-likeness (QED) is 0.199. The van der Waals surface area contributed by atoms with Crippen molar-refractivity contribution in [1.82, 2.24) is 9.97 Å². The fourth-order valence-electron chi connectivity index (χ4n) is 6.10. The number of aromatic nitrogens is 2. The largest absolute Gasteiger partial charge is 0.358 e. The van der Waals surface area contributed by atoms with E-state index in [1.165, 1.54) is 0 Å². The molecule has 3 heterocycles. The highest BCUT2D eigenvalue weighted by Crippen LogP contribution is 2.45. The third-order valence-corrected chi connectivity index (χ3v) is 8.36. The Morgan fingerprint density at radius 1 is 0.478 bits per heavy atom. The highest BCUT2D eigenvalue weighted by molar-refractivity contribution is 5.83. The summed E-state index contributed by atoms with van der Waals surface area (Å²) in [4.78, 5) is 14.3. The number of pyridine rings is 2. The minimum Gasteiger partial charge on any atom is -0.358 e. The van der Waals surface area contributed by atoms with Gasteiger partial charge in [-0.3, -0.25) is 9.97 Å². The Morgan fingerprint density at radius 3 is 1.63 bits per heavy atom. The number of benzene rings is 5. The zero-order valence-electron chi connectivity index (χ0n) is 25.1.